The van der Waals surface area contributed by atoms with Crippen LogP contribution in [0.25, 0.3) is 12.2 Å². The number of esters is 1. The zero-order valence-electron chi connectivity index (χ0n) is 15.6. The summed E-state index contributed by atoms with van der Waals surface area (Å²) in [6.07, 6.45) is 2.98. The minimum Gasteiger partial charge on any atom is -0.494 e. The first-order valence-electron chi connectivity index (χ1n) is 8.36. The van der Waals surface area contributed by atoms with E-state index in [1.54, 1.807) is 16.7 Å². The molecule has 2 aromatic rings. The fourth-order valence-electron chi connectivity index (χ4n) is 2.49. The van der Waals surface area contributed by atoms with Gasteiger partial charge in [-0.3, -0.25) is 18.7 Å². The first-order chi connectivity index (χ1) is 12.9. The molecule has 0 amide bonds. The van der Waals surface area contributed by atoms with Gasteiger partial charge in [0.15, 0.2) is 3.95 Å². The maximum absolute atomic E-state index is 12.4. The Morgan fingerprint density at radius 1 is 1.33 bits per heavy atom. The Kier molecular flexibility index (Phi) is 7.54. The minimum absolute atomic E-state index is 0.0494. The average molecular weight is 431 g/mol. The monoisotopic (exact) mass is 430 g/mol. The summed E-state index contributed by atoms with van der Waals surface area (Å²) < 4.78 is 15.1. The molecule has 0 aromatic carbocycles. The molecule has 0 aliphatic heterocycles. The number of thiazole rings is 2. The normalized spacial score (nSPS) is 13.9. The molecule has 0 aliphatic rings. The lowest BCUT2D eigenvalue weighted by Gasteiger charge is -2.12. The van der Waals surface area contributed by atoms with Gasteiger partial charge in [-0.25, -0.2) is 0 Å². The zero-order chi connectivity index (χ0) is 20.1. The van der Waals surface area contributed by atoms with Crippen LogP contribution in [0.5, 0.6) is 5.88 Å². The molecule has 1 atom stereocenters. The second kappa shape index (κ2) is 9.45. The maximum atomic E-state index is 12.4. The number of hydrogen-bond donors (Lipinski definition) is 1. The highest BCUT2D eigenvalue weighted by Gasteiger charge is 2.22. The molecule has 0 aliphatic carbocycles. The molecule has 0 spiro atoms. The smallest absolute Gasteiger partial charge is 0.325 e. The van der Waals surface area contributed by atoms with E-state index in [-0.39, 0.29) is 18.0 Å². The number of ether oxygens (including phenoxy) is 2. The van der Waals surface area contributed by atoms with Crippen LogP contribution in [0, 0.1) is 3.95 Å². The summed E-state index contributed by atoms with van der Waals surface area (Å²) in [5.74, 6) is -0.641. The molecule has 27 heavy (non-hydrogen) atoms. The second-order valence-electron chi connectivity index (χ2n) is 5.40. The molecule has 0 saturated heterocycles. The van der Waals surface area contributed by atoms with E-state index in [4.69, 9.17) is 17.0 Å². The molecule has 148 valence electrons. The SMILES string of the molecule is CC=c1sc(=CC(OCC)c2sc(=S)n(CC(=O)OC)c2O)n(CC)c1=O. The lowest BCUT2D eigenvalue weighted by atomic mass is 10.3. The van der Waals surface area contributed by atoms with Crippen molar-refractivity contribution < 1.29 is 19.4 Å². The van der Waals surface area contributed by atoms with Crippen LogP contribution >= 0.6 is 34.9 Å². The first kappa shape index (κ1) is 21.5. The van der Waals surface area contributed by atoms with E-state index in [1.807, 2.05) is 20.8 Å². The Labute approximate surface area is 169 Å². The van der Waals surface area contributed by atoms with E-state index in [1.165, 1.54) is 23.0 Å². The molecule has 1 N–H and O–H groups in total. The summed E-state index contributed by atoms with van der Waals surface area (Å²) in [7, 11) is 1.27. The molecule has 2 aromatic heterocycles. The topological polar surface area (TPSA) is 82.7 Å². The molecule has 0 bridgehead atoms. The fourth-order valence-corrected chi connectivity index (χ4v) is 4.87. The maximum Gasteiger partial charge on any atom is 0.325 e. The summed E-state index contributed by atoms with van der Waals surface area (Å²) in [4.78, 5) is 24.4. The van der Waals surface area contributed by atoms with Crippen LogP contribution in [0.3, 0.4) is 0 Å². The zero-order valence-corrected chi connectivity index (χ0v) is 18.0. The van der Waals surface area contributed by atoms with Crippen LogP contribution in [0.15, 0.2) is 4.79 Å². The Morgan fingerprint density at radius 2 is 2.04 bits per heavy atom. The van der Waals surface area contributed by atoms with Gasteiger partial charge in [-0.1, -0.05) is 6.08 Å². The number of nitrogens with zero attached hydrogens (tertiary/aromatic N) is 2. The van der Waals surface area contributed by atoms with Gasteiger partial charge in [0.2, 0.25) is 5.88 Å². The van der Waals surface area contributed by atoms with Crippen molar-refractivity contribution in [3.8, 4) is 5.88 Å². The minimum atomic E-state index is -0.596. The van der Waals surface area contributed by atoms with Gasteiger partial charge in [-0.05, 0) is 39.1 Å². The fraction of sp³-hybridized carbons (Fsp3) is 0.471. The molecule has 2 heterocycles. The second-order valence-corrected chi connectivity index (χ2v) is 8.14. The quantitative estimate of drug-likeness (QED) is 0.532. The van der Waals surface area contributed by atoms with Gasteiger partial charge in [0, 0.05) is 13.2 Å². The predicted octanol–water partition coefficient (Wildman–Crippen LogP) is 1.76. The molecule has 0 fully saturated rings. The third kappa shape index (κ3) is 4.57. The molecule has 0 radical (unpaired) electrons. The molecule has 2 rings (SSSR count). The predicted molar refractivity (Wildman–Crippen MR) is 109 cm³/mol. The number of rotatable bonds is 7. The van der Waals surface area contributed by atoms with Crippen molar-refractivity contribution in [2.75, 3.05) is 13.7 Å². The number of aromatic hydroxyl groups is 1. The molecule has 0 saturated carbocycles. The van der Waals surface area contributed by atoms with E-state index in [0.29, 0.717) is 26.5 Å². The molecular formula is C17H22N2O5S3. The van der Waals surface area contributed by atoms with Crippen molar-refractivity contribution in [3.05, 3.63) is 28.4 Å². The molecule has 10 heteroatoms. The highest BCUT2D eigenvalue weighted by molar-refractivity contribution is 7.73. The average Bonchev–Trinajstić information content (AvgIpc) is 3.11. The Morgan fingerprint density at radius 3 is 2.59 bits per heavy atom. The van der Waals surface area contributed by atoms with Crippen molar-refractivity contribution in [1.82, 2.24) is 9.13 Å². The number of carbonyl (C=O) groups is 1. The summed E-state index contributed by atoms with van der Waals surface area (Å²) in [5.41, 5.74) is -0.0494. The summed E-state index contributed by atoms with van der Waals surface area (Å²) >= 11 is 7.80. The number of hydrogen-bond acceptors (Lipinski definition) is 8. The van der Waals surface area contributed by atoms with Crippen LogP contribution in [0.1, 0.15) is 31.8 Å². The first-order valence-corrected chi connectivity index (χ1v) is 10.4. The Balaban J connectivity index is 2.61. The molecule has 7 nitrogen and oxygen atoms in total. The van der Waals surface area contributed by atoms with Crippen molar-refractivity contribution >= 4 is 53.0 Å². The van der Waals surface area contributed by atoms with Crippen molar-refractivity contribution in [1.29, 1.82) is 0 Å². The molecule has 1 unspecified atom stereocenters. The largest absolute Gasteiger partial charge is 0.494 e. The van der Waals surface area contributed by atoms with Gasteiger partial charge < -0.3 is 14.6 Å². The van der Waals surface area contributed by atoms with Gasteiger partial charge in [0.1, 0.15) is 17.5 Å². The third-order valence-electron chi connectivity index (χ3n) is 3.82. The third-order valence-corrected chi connectivity index (χ3v) is 6.52. The number of carbonyl (C=O) groups excluding carboxylic acids is 1. The van der Waals surface area contributed by atoms with Gasteiger partial charge in [-0.15, -0.1) is 22.7 Å². The van der Waals surface area contributed by atoms with E-state index >= 15 is 0 Å². The summed E-state index contributed by atoms with van der Waals surface area (Å²) in [6.45, 7) is 6.31. The number of methoxy groups -OCH3 is 1. The van der Waals surface area contributed by atoms with Crippen LogP contribution < -0.4 is 14.8 Å². The number of aromatic nitrogens is 2. The van der Waals surface area contributed by atoms with E-state index in [9.17, 15) is 14.7 Å². The van der Waals surface area contributed by atoms with Crippen LogP contribution in [0.2, 0.25) is 0 Å². The lowest BCUT2D eigenvalue weighted by Crippen LogP contribution is -2.30. The van der Waals surface area contributed by atoms with E-state index in [0.717, 1.165) is 16.0 Å². The van der Waals surface area contributed by atoms with Gasteiger partial charge in [0.25, 0.3) is 5.56 Å². The lowest BCUT2D eigenvalue weighted by molar-refractivity contribution is -0.141. The Bertz CT molecular complexity index is 1040. The highest BCUT2D eigenvalue weighted by Crippen LogP contribution is 2.34. The van der Waals surface area contributed by atoms with Crippen LogP contribution in [0.4, 0.5) is 0 Å². The van der Waals surface area contributed by atoms with Crippen LogP contribution in [-0.2, 0) is 27.4 Å². The van der Waals surface area contributed by atoms with Crippen molar-refractivity contribution in [2.45, 2.75) is 40.0 Å². The van der Waals surface area contributed by atoms with E-state index in [2.05, 4.69) is 4.74 Å². The van der Waals surface area contributed by atoms with Crippen molar-refractivity contribution in [3.63, 3.8) is 0 Å². The molecular weight excluding hydrogens is 408 g/mol. The van der Waals surface area contributed by atoms with Gasteiger partial charge >= 0.3 is 5.97 Å². The van der Waals surface area contributed by atoms with Crippen molar-refractivity contribution in [2.24, 2.45) is 0 Å². The van der Waals surface area contributed by atoms with Crippen LogP contribution in [-0.4, -0.2) is 33.9 Å². The Hall–Kier alpha value is -1.75. The summed E-state index contributed by atoms with van der Waals surface area (Å²) in [5, 5.41) is 10.6. The standard InChI is InChI=1S/C17H22N2O5S3/c1-5-11-15(21)18(6-2)12(26-11)8-10(24-7-3)14-16(22)19(17(25)27-14)9-13(20)23-4/h5,8,10,22H,6-7,9H2,1-4H3. The van der Waals surface area contributed by atoms with E-state index < -0.39 is 12.1 Å². The highest BCUT2D eigenvalue weighted by atomic mass is 32.1. The van der Waals surface area contributed by atoms with Gasteiger partial charge in [-0.2, -0.15) is 0 Å². The van der Waals surface area contributed by atoms with Gasteiger partial charge in [0.05, 0.1) is 16.3 Å². The summed E-state index contributed by atoms with van der Waals surface area (Å²) in [6, 6.07) is 0.